The van der Waals surface area contributed by atoms with Crippen molar-refractivity contribution in [2.24, 2.45) is 0 Å². The molecule has 0 spiro atoms. The number of para-hydroxylation sites is 2. The first-order valence-corrected chi connectivity index (χ1v) is 10.1. The number of hydrogen-bond acceptors (Lipinski definition) is 9. The molecule has 1 atom stereocenters. The van der Waals surface area contributed by atoms with Gasteiger partial charge in [-0.15, -0.1) is 0 Å². The predicted molar refractivity (Wildman–Crippen MR) is 113 cm³/mol. The highest BCUT2D eigenvalue weighted by molar-refractivity contribution is 5.85. The number of esters is 1. The van der Waals surface area contributed by atoms with Crippen molar-refractivity contribution in [1.82, 2.24) is 20.0 Å². The highest BCUT2D eigenvalue weighted by Gasteiger charge is 2.31. The van der Waals surface area contributed by atoms with Crippen LogP contribution < -0.4 is 4.90 Å². The average molecular weight is 420 g/mol. The number of benzene rings is 1. The van der Waals surface area contributed by atoms with Gasteiger partial charge in [-0.05, 0) is 26.0 Å². The molecule has 9 heteroatoms. The summed E-state index contributed by atoms with van der Waals surface area (Å²) in [5, 5.41) is 13.7. The van der Waals surface area contributed by atoms with Crippen LogP contribution in [-0.4, -0.2) is 59.3 Å². The Hall–Kier alpha value is -3.51. The number of nitrogens with zero attached hydrogens (tertiary/aromatic N) is 6. The van der Waals surface area contributed by atoms with Gasteiger partial charge in [0.15, 0.2) is 11.7 Å². The van der Waals surface area contributed by atoms with E-state index in [0.717, 1.165) is 42.2 Å². The van der Waals surface area contributed by atoms with Crippen molar-refractivity contribution in [1.29, 1.82) is 5.26 Å². The standard InChI is InChI=1S/C22H24N6O3/c1-14-17(15(2)31-26-14)13-27-8-10-28(11-9-27)21-20(16(12-23)22(29)30-3)24-18-6-4-5-7-19(18)25-21/h4-7,16H,8-11,13H2,1-3H3. The number of rotatable bonds is 5. The van der Waals surface area contributed by atoms with Crippen LogP contribution >= 0.6 is 0 Å². The number of ether oxygens (including phenoxy) is 1. The van der Waals surface area contributed by atoms with Crippen LogP contribution in [0.4, 0.5) is 5.82 Å². The molecule has 0 aliphatic carbocycles. The number of aryl methyl sites for hydroxylation is 2. The molecule has 2 aromatic heterocycles. The summed E-state index contributed by atoms with van der Waals surface area (Å²) in [6, 6.07) is 9.48. The van der Waals surface area contributed by atoms with Gasteiger partial charge < -0.3 is 14.2 Å². The molecule has 31 heavy (non-hydrogen) atoms. The van der Waals surface area contributed by atoms with Crippen LogP contribution in [0.3, 0.4) is 0 Å². The van der Waals surface area contributed by atoms with E-state index >= 15 is 0 Å². The van der Waals surface area contributed by atoms with Gasteiger partial charge in [-0.2, -0.15) is 5.26 Å². The fourth-order valence-corrected chi connectivity index (χ4v) is 3.84. The molecule has 160 valence electrons. The predicted octanol–water partition coefficient (Wildman–Crippen LogP) is 2.34. The molecular formula is C22H24N6O3. The van der Waals surface area contributed by atoms with Crippen molar-refractivity contribution in [3.05, 3.63) is 47.0 Å². The van der Waals surface area contributed by atoms with Gasteiger partial charge >= 0.3 is 5.97 Å². The molecule has 0 saturated carbocycles. The summed E-state index contributed by atoms with van der Waals surface area (Å²) in [7, 11) is 1.27. The minimum absolute atomic E-state index is 0.340. The van der Waals surface area contributed by atoms with E-state index in [1.807, 2.05) is 44.2 Å². The van der Waals surface area contributed by atoms with E-state index < -0.39 is 11.9 Å². The fraction of sp³-hybridized carbons (Fsp3) is 0.409. The fourth-order valence-electron chi connectivity index (χ4n) is 3.84. The zero-order valence-corrected chi connectivity index (χ0v) is 17.8. The van der Waals surface area contributed by atoms with Gasteiger partial charge in [0, 0.05) is 38.3 Å². The van der Waals surface area contributed by atoms with Gasteiger partial charge in [0.25, 0.3) is 0 Å². The Bertz CT molecular complexity index is 1120. The Balaban J connectivity index is 1.61. The van der Waals surface area contributed by atoms with Gasteiger partial charge in [-0.1, -0.05) is 17.3 Å². The number of hydrogen-bond donors (Lipinski definition) is 0. The zero-order chi connectivity index (χ0) is 22.0. The van der Waals surface area contributed by atoms with Crippen LogP contribution in [0.25, 0.3) is 11.0 Å². The molecule has 0 bridgehead atoms. The molecule has 1 aliphatic heterocycles. The second-order valence-electron chi connectivity index (χ2n) is 7.57. The number of carbonyl (C=O) groups is 1. The van der Waals surface area contributed by atoms with Gasteiger partial charge in [-0.3, -0.25) is 9.69 Å². The van der Waals surface area contributed by atoms with Crippen LogP contribution in [-0.2, 0) is 16.1 Å². The van der Waals surface area contributed by atoms with E-state index in [2.05, 4.69) is 19.9 Å². The van der Waals surface area contributed by atoms with E-state index in [0.29, 0.717) is 30.1 Å². The number of carbonyl (C=O) groups excluding carboxylic acids is 1. The summed E-state index contributed by atoms with van der Waals surface area (Å²) in [5.74, 6) is -0.354. The molecule has 0 radical (unpaired) electrons. The third-order valence-corrected chi connectivity index (χ3v) is 5.65. The third-order valence-electron chi connectivity index (χ3n) is 5.65. The van der Waals surface area contributed by atoms with E-state index in [-0.39, 0.29) is 0 Å². The number of fused-ring (bicyclic) bond motifs is 1. The van der Waals surface area contributed by atoms with Gasteiger partial charge in [0.05, 0.1) is 29.9 Å². The number of anilines is 1. The van der Waals surface area contributed by atoms with E-state index in [1.54, 1.807) is 0 Å². The molecule has 4 rings (SSSR count). The third kappa shape index (κ3) is 4.07. The summed E-state index contributed by atoms with van der Waals surface area (Å²) in [6.45, 7) is 7.64. The van der Waals surface area contributed by atoms with E-state index in [4.69, 9.17) is 14.2 Å². The van der Waals surface area contributed by atoms with E-state index in [9.17, 15) is 10.1 Å². The van der Waals surface area contributed by atoms with Crippen LogP contribution in [0.15, 0.2) is 28.8 Å². The lowest BCUT2D eigenvalue weighted by molar-refractivity contribution is -0.141. The summed E-state index contributed by atoms with van der Waals surface area (Å²) >= 11 is 0. The van der Waals surface area contributed by atoms with Crippen molar-refractivity contribution in [2.75, 3.05) is 38.2 Å². The maximum Gasteiger partial charge on any atom is 0.329 e. The minimum atomic E-state index is -1.13. The second kappa shape index (κ2) is 8.70. The monoisotopic (exact) mass is 420 g/mol. The summed E-state index contributed by atoms with van der Waals surface area (Å²) in [5.41, 5.74) is 3.74. The number of nitriles is 1. The number of piperazine rings is 1. The zero-order valence-electron chi connectivity index (χ0n) is 17.8. The summed E-state index contributed by atoms with van der Waals surface area (Å²) < 4.78 is 10.1. The molecule has 1 unspecified atom stereocenters. The molecule has 3 aromatic rings. The minimum Gasteiger partial charge on any atom is -0.468 e. The van der Waals surface area contributed by atoms with Crippen molar-refractivity contribution >= 4 is 22.8 Å². The molecule has 3 heterocycles. The molecule has 1 fully saturated rings. The highest BCUT2D eigenvalue weighted by atomic mass is 16.5. The lowest BCUT2D eigenvalue weighted by Crippen LogP contribution is -2.47. The summed E-state index contributed by atoms with van der Waals surface area (Å²) in [4.78, 5) is 26.1. The van der Waals surface area contributed by atoms with Crippen molar-refractivity contribution < 1.29 is 14.1 Å². The maximum atomic E-state index is 12.3. The smallest absolute Gasteiger partial charge is 0.329 e. The Labute approximate surface area is 180 Å². The van der Waals surface area contributed by atoms with Crippen LogP contribution in [0.5, 0.6) is 0 Å². The van der Waals surface area contributed by atoms with Crippen molar-refractivity contribution in [3.8, 4) is 6.07 Å². The van der Waals surface area contributed by atoms with Gasteiger partial charge in [0.2, 0.25) is 0 Å². The molecule has 1 aliphatic rings. The SMILES string of the molecule is COC(=O)C(C#N)c1nc2ccccc2nc1N1CCN(Cc2c(C)noc2C)CC1. The Morgan fingerprint density at radius 1 is 1.19 bits per heavy atom. The van der Waals surface area contributed by atoms with Gasteiger partial charge in [0.1, 0.15) is 11.5 Å². The quantitative estimate of drug-likeness (QED) is 0.575. The molecule has 1 aromatic carbocycles. The largest absolute Gasteiger partial charge is 0.468 e. The second-order valence-corrected chi connectivity index (χ2v) is 7.57. The van der Waals surface area contributed by atoms with Crippen LogP contribution in [0.1, 0.15) is 28.6 Å². The first kappa shape index (κ1) is 20.8. The molecule has 1 saturated heterocycles. The molecular weight excluding hydrogens is 396 g/mol. The lowest BCUT2D eigenvalue weighted by Gasteiger charge is -2.36. The molecule has 0 N–H and O–H groups in total. The van der Waals surface area contributed by atoms with Crippen molar-refractivity contribution in [2.45, 2.75) is 26.3 Å². The normalized spacial score (nSPS) is 15.6. The van der Waals surface area contributed by atoms with Crippen LogP contribution in [0, 0.1) is 25.2 Å². The number of aromatic nitrogens is 3. The first-order chi connectivity index (χ1) is 15.0. The molecule has 9 nitrogen and oxygen atoms in total. The number of methoxy groups -OCH3 is 1. The Morgan fingerprint density at radius 2 is 1.87 bits per heavy atom. The first-order valence-electron chi connectivity index (χ1n) is 10.1. The topological polar surface area (TPSA) is 108 Å². The maximum absolute atomic E-state index is 12.3. The average Bonchev–Trinajstić information content (AvgIpc) is 3.11. The Morgan fingerprint density at radius 3 is 2.45 bits per heavy atom. The summed E-state index contributed by atoms with van der Waals surface area (Å²) in [6.07, 6.45) is 0. The highest BCUT2D eigenvalue weighted by Crippen LogP contribution is 2.29. The molecule has 0 amide bonds. The lowest BCUT2D eigenvalue weighted by atomic mass is 10.1. The van der Waals surface area contributed by atoms with Gasteiger partial charge in [-0.25, -0.2) is 9.97 Å². The Kier molecular flexibility index (Phi) is 5.82. The van der Waals surface area contributed by atoms with E-state index in [1.165, 1.54) is 7.11 Å². The van der Waals surface area contributed by atoms with Crippen LogP contribution in [0.2, 0.25) is 0 Å². The van der Waals surface area contributed by atoms with Crippen molar-refractivity contribution in [3.63, 3.8) is 0 Å².